The molecule has 1 nitrogen and oxygen atoms in total. The summed E-state index contributed by atoms with van der Waals surface area (Å²) in [6.45, 7) is 3.89. The summed E-state index contributed by atoms with van der Waals surface area (Å²) >= 11 is 0. The zero-order chi connectivity index (χ0) is 6.91. The molecule has 0 atom stereocenters. The van der Waals surface area contributed by atoms with Gasteiger partial charge >= 0.3 is 0 Å². The van der Waals surface area contributed by atoms with E-state index >= 15 is 0 Å². The first-order valence-corrected chi connectivity index (χ1v) is 3.90. The summed E-state index contributed by atoms with van der Waals surface area (Å²) in [7, 11) is 0. The van der Waals surface area contributed by atoms with Gasteiger partial charge in [-0.1, -0.05) is 13.8 Å². The Kier molecular flexibility index (Phi) is 1.80. The fraction of sp³-hybridized carbons (Fsp3) is 1.00. The van der Waals surface area contributed by atoms with Crippen molar-refractivity contribution < 1.29 is 0 Å². The number of hydrogen-bond acceptors (Lipinski definition) is 1. The van der Waals surface area contributed by atoms with Crippen molar-refractivity contribution in [2.24, 2.45) is 11.1 Å². The van der Waals surface area contributed by atoms with Crippen molar-refractivity contribution in [3.8, 4) is 0 Å². The molecule has 0 amide bonds. The van der Waals surface area contributed by atoms with Crippen molar-refractivity contribution in [2.45, 2.75) is 45.6 Å². The van der Waals surface area contributed by atoms with E-state index in [-0.39, 0.29) is 0 Å². The highest BCUT2D eigenvalue weighted by Gasteiger charge is 2.52. The van der Waals surface area contributed by atoms with Crippen molar-refractivity contribution in [3.63, 3.8) is 0 Å². The maximum absolute atomic E-state index is 5.11. The molecule has 0 aromatic heterocycles. The molecule has 0 aliphatic heterocycles. The van der Waals surface area contributed by atoms with Gasteiger partial charge in [-0.3, -0.25) is 0 Å². The Balaban J connectivity index is 0.0000000945. The van der Waals surface area contributed by atoms with E-state index in [1.807, 2.05) is 13.8 Å². The number of rotatable bonds is 0. The smallest absolute Gasteiger partial charge is 0.00179 e. The summed E-state index contributed by atoms with van der Waals surface area (Å²) in [5, 5.41) is 0. The Morgan fingerprint density at radius 3 is 1.33 bits per heavy atom. The Morgan fingerprint density at radius 2 is 1.33 bits per heavy atom. The molecule has 2 N–H and O–H groups in total. The Labute approximate surface area is 57.6 Å². The third-order valence-electron chi connectivity index (χ3n) is 1.91. The molecule has 1 heteroatoms. The first-order chi connectivity index (χ1) is 4.15. The van der Waals surface area contributed by atoms with Gasteiger partial charge in [-0.05, 0) is 37.1 Å². The van der Waals surface area contributed by atoms with E-state index in [0.29, 0.717) is 6.04 Å². The zero-order valence-corrected chi connectivity index (χ0v) is 6.48. The van der Waals surface area contributed by atoms with Crippen LogP contribution in [0.5, 0.6) is 0 Å². The molecule has 2 aliphatic rings. The van der Waals surface area contributed by atoms with Crippen molar-refractivity contribution in [2.75, 3.05) is 0 Å². The Bertz CT molecular complexity index is 72.5. The second kappa shape index (κ2) is 2.30. The molecule has 2 rings (SSSR count). The average molecular weight is 127 g/mol. The highest BCUT2D eigenvalue weighted by Crippen LogP contribution is 2.65. The SMILES string of the molecule is C1CC12CC2.CC(C)N. The molecular weight excluding hydrogens is 110 g/mol. The molecule has 0 bridgehead atoms. The molecule has 2 fully saturated rings. The van der Waals surface area contributed by atoms with Crippen LogP contribution in [-0.2, 0) is 0 Å². The van der Waals surface area contributed by atoms with E-state index in [2.05, 4.69) is 0 Å². The topological polar surface area (TPSA) is 26.0 Å². The molecule has 2 aliphatic carbocycles. The molecule has 1 spiro atoms. The minimum atomic E-state index is 0.333. The highest BCUT2D eigenvalue weighted by molar-refractivity contribution is 5.04. The van der Waals surface area contributed by atoms with Crippen LogP contribution in [0.2, 0.25) is 0 Å². The number of hydrogen-bond donors (Lipinski definition) is 1. The first-order valence-electron chi connectivity index (χ1n) is 3.90. The van der Waals surface area contributed by atoms with Gasteiger partial charge in [0.25, 0.3) is 0 Å². The molecule has 0 radical (unpaired) electrons. The van der Waals surface area contributed by atoms with Crippen LogP contribution in [0, 0.1) is 5.41 Å². The summed E-state index contributed by atoms with van der Waals surface area (Å²) in [4.78, 5) is 0. The van der Waals surface area contributed by atoms with Crippen LogP contribution < -0.4 is 5.73 Å². The van der Waals surface area contributed by atoms with Gasteiger partial charge in [-0.25, -0.2) is 0 Å². The third kappa shape index (κ3) is 2.85. The molecule has 54 valence electrons. The molecule has 2 saturated carbocycles. The van der Waals surface area contributed by atoms with Crippen LogP contribution >= 0.6 is 0 Å². The molecule has 0 unspecified atom stereocenters. The van der Waals surface area contributed by atoms with Gasteiger partial charge in [0.1, 0.15) is 0 Å². The van der Waals surface area contributed by atoms with Gasteiger partial charge in [0.05, 0.1) is 0 Å². The molecule has 0 saturated heterocycles. The zero-order valence-electron chi connectivity index (χ0n) is 6.48. The van der Waals surface area contributed by atoms with Crippen molar-refractivity contribution in [3.05, 3.63) is 0 Å². The molecular formula is C8H17N. The van der Waals surface area contributed by atoms with Crippen LogP contribution in [0.15, 0.2) is 0 Å². The van der Waals surface area contributed by atoms with Crippen LogP contribution in [0.1, 0.15) is 39.5 Å². The van der Waals surface area contributed by atoms with Crippen LogP contribution in [-0.4, -0.2) is 6.04 Å². The van der Waals surface area contributed by atoms with E-state index in [1.165, 1.54) is 0 Å². The second-order valence-electron chi connectivity index (χ2n) is 3.74. The summed E-state index contributed by atoms with van der Waals surface area (Å²) in [5.74, 6) is 0. The summed E-state index contributed by atoms with van der Waals surface area (Å²) in [6, 6.07) is 0.333. The largest absolute Gasteiger partial charge is 0.328 e. The van der Waals surface area contributed by atoms with Gasteiger partial charge in [0.15, 0.2) is 0 Å². The average Bonchev–Trinajstić information content (AvgIpc) is 2.49. The molecule has 9 heavy (non-hydrogen) atoms. The van der Waals surface area contributed by atoms with Gasteiger partial charge < -0.3 is 5.73 Å². The van der Waals surface area contributed by atoms with Gasteiger partial charge in [-0.2, -0.15) is 0 Å². The lowest BCUT2D eigenvalue weighted by molar-refractivity contribution is 0.834. The Hall–Kier alpha value is -0.0400. The van der Waals surface area contributed by atoms with Crippen LogP contribution in [0.4, 0.5) is 0 Å². The van der Waals surface area contributed by atoms with Crippen molar-refractivity contribution in [1.82, 2.24) is 0 Å². The predicted octanol–water partition coefficient (Wildman–Crippen LogP) is 1.91. The quantitative estimate of drug-likeness (QED) is 0.528. The van der Waals surface area contributed by atoms with Crippen LogP contribution in [0.25, 0.3) is 0 Å². The van der Waals surface area contributed by atoms with Crippen molar-refractivity contribution in [1.29, 1.82) is 0 Å². The van der Waals surface area contributed by atoms with Crippen molar-refractivity contribution >= 4 is 0 Å². The first kappa shape index (κ1) is 7.07. The lowest BCUT2D eigenvalue weighted by atomic mass is 10.4. The van der Waals surface area contributed by atoms with Gasteiger partial charge in [0, 0.05) is 0 Å². The maximum atomic E-state index is 5.11. The lowest BCUT2D eigenvalue weighted by Gasteiger charge is -1.81. The molecule has 0 heterocycles. The summed E-state index contributed by atoms with van der Waals surface area (Å²) in [6.07, 6.45) is 6.25. The normalized spacial score (nSPS) is 25.3. The third-order valence-corrected chi connectivity index (χ3v) is 1.91. The predicted molar refractivity (Wildman–Crippen MR) is 40.2 cm³/mol. The summed E-state index contributed by atoms with van der Waals surface area (Å²) < 4.78 is 0. The van der Waals surface area contributed by atoms with Crippen LogP contribution in [0.3, 0.4) is 0 Å². The van der Waals surface area contributed by atoms with E-state index in [0.717, 1.165) is 5.41 Å². The lowest BCUT2D eigenvalue weighted by Crippen LogP contribution is -2.06. The van der Waals surface area contributed by atoms with E-state index < -0.39 is 0 Å². The standard InChI is InChI=1S/C5H8.C3H9N/c1-2-5(1)3-4-5;1-3(2)4/h1-4H2;3H,4H2,1-2H3. The van der Waals surface area contributed by atoms with E-state index in [9.17, 15) is 0 Å². The molecule has 0 aromatic carbocycles. The Morgan fingerprint density at radius 1 is 1.11 bits per heavy atom. The molecule has 0 aromatic rings. The van der Waals surface area contributed by atoms with Gasteiger partial charge in [-0.15, -0.1) is 0 Å². The minimum absolute atomic E-state index is 0.333. The number of nitrogens with two attached hydrogens (primary N) is 1. The van der Waals surface area contributed by atoms with Gasteiger partial charge in [0.2, 0.25) is 0 Å². The maximum Gasteiger partial charge on any atom is -0.00179 e. The van der Waals surface area contributed by atoms with E-state index in [1.54, 1.807) is 25.7 Å². The fourth-order valence-electron chi connectivity index (χ4n) is 0.854. The second-order valence-corrected chi connectivity index (χ2v) is 3.74. The minimum Gasteiger partial charge on any atom is -0.328 e. The fourth-order valence-corrected chi connectivity index (χ4v) is 0.854. The van der Waals surface area contributed by atoms with E-state index in [4.69, 9.17) is 5.73 Å². The highest BCUT2D eigenvalue weighted by atomic mass is 14.6. The summed E-state index contributed by atoms with van der Waals surface area (Å²) in [5.41, 5.74) is 6.11. The monoisotopic (exact) mass is 127 g/mol.